The van der Waals surface area contributed by atoms with Gasteiger partial charge in [-0.1, -0.05) is 19.9 Å². The predicted molar refractivity (Wildman–Crippen MR) is 53.0 cm³/mol. The molecule has 1 aromatic carbocycles. The molecule has 0 saturated heterocycles. The lowest BCUT2D eigenvalue weighted by Crippen LogP contribution is -2.22. The maximum absolute atomic E-state index is 12.4. The second kappa shape index (κ2) is 3.96. The summed E-state index contributed by atoms with van der Waals surface area (Å²) < 4.78 is 12.4. The Morgan fingerprint density at radius 1 is 1.36 bits per heavy atom. The van der Waals surface area contributed by atoms with E-state index < -0.39 is 12.1 Å². The number of phenolic OH excluding ortho intramolecular Hbond substituents is 1. The largest absolute Gasteiger partial charge is 0.508 e. The van der Waals surface area contributed by atoms with Gasteiger partial charge in [0.05, 0.1) is 6.61 Å². The van der Waals surface area contributed by atoms with Gasteiger partial charge < -0.3 is 10.2 Å². The maximum Gasteiger partial charge on any atom is 0.119 e. The van der Waals surface area contributed by atoms with Crippen molar-refractivity contribution in [1.29, 1.82) is 0 Å². The number of halogens is 1. The molecule has 0 aliphatic rings. The summed E-state index contributed by atoms with van der Waals surface area (Å²) in [5.41, 5.74) is 0.546. The van der Waals surface area contributed by atoms with Crippen LogP contribution in [0.15, 0.2) is 18.2 Å². The lowest BCUT2D eigenvalue weighted by atomic mass is 9.84. The fraction of sp³-hybridized carbons (Fsp3) is 0.455. The molecule has 0 aliphatic heterocycles. The molecule has 0 radical (unpaired) electrons. The number of hydrogen-bond acceptors (Lipinski definition) is 2. The Balaban J connectivity index is 3.18. The molecule has 0 fully saturated rings. The smallest absolute Gasteiger partial charge is 0.119 e. The van der Waals surface area contributed by atoms with Gasteiger partial charge in [0, 0.05) is 11.0 Å². The van der Waals surface area contributed by atoms with Crippen LogP contribution < -0.4 is 0 Å². The number of phenols is 1. The topological polar surface area (TPSA) is 40.5 Å². The van der Waals surface area contributed by atoms with Gasteiger partial charge in [0.2, 0.25) is 0 Å². The van der Waals surface area contributed by atoms with E-state index in [1.165, 1.54) is 12.1 Å². The first kappa shape index (κ1) is 11.0. The number of alkyl halides is 1. The van der Waals surface area contributed by atoms with Gasteiger partial charge in [-0.05, 0) is 17.7 Å². The molecule has 1 aromatic rings. The Morgan fingerprint density at radius 3 is 2.50 bits per heavy atom. The van der Waals surface area contributed by atoms with Gasteiger partial charge in [-0.3, -0.25) is 0 Å². The number of rotatable bonds is 3. The minimum absolute atomic E-state index is 0.0870. The Kier molecular flexibility index (Phi) is 3.11. The third-order valence-corrected chi connectivity index (χ3v) is 2.34. The molecular weight excluding hydrogens is 183 g/mol. The second-order valence-corrected chi connectivity index (χ2v) is 4.03. The summed E-state index contributed by atoms with van der Waals surface area (Å²) in [6.07, 6.45) is 0. The zero-order valence-electron chi connectivity index (χ0n) is 8.42. The Morgan fingerprint density at radius 2 is 2.00 bits per heavy atom. The highest BCUT2D eigenvalue weighted by Crippen LogP contribution is 2.31. The minimum atomic E-state index is -0.561. The van der Waals surface area contributed by atoms with Crippen LogP contribution in [0.3, 0.4) is 0 Å². The van der Waals surface area contributed by atoms with Crippen LogP contribution in [0.5, 0.6) is 5.75 Å². The van der Waals surface area contributed by atoms with Gasteiger partial charge in [-0.25, -0.2) is 4.39 Å². The van der Waals surface area contributed by atoms with Crippen molar-refractivity contribution in [3.8, 4) is 5.75 Å². The van der Waals surface area contributed by atoms with Gasteiger partial charge in [0.1, 0.15) is 12.4 Å². The van der Waals surface area contributed by atoms with Crippen LogP contribution in [-0.4, -0.2) is 16.8 Å². The first-order valence-electron chi connectivity index (χ1n) is 4.50. The molecule has 1 rings (SSSR count). The van der Waals surface area contributed by atoms with Crippen molar-refractivity contribution in [3.63, 3.8) is 0 Å². The molecule has 0 heterocycles. The molecule has 3 heteroatoms. The Bertz CT molecular complexity index is 321. The van der Waals surface area contributed by atoms with Crippen molar-refractivity contribution in [2.24, 2.45) is 0 Å². The van der Waals surface area contributed by atoms with Gasteiger partial charge in [0.15, 0.2) is 0 Å². The number of benzene rings is 1. The van der Waals surface area contributed by atoms with Crippen molar-refractivity contribution in [2.45, 2.75) is 25.9 Å². The van der Waals surface area contributed by atoms with Crippen molar-refractivity contribution < 1.29 is 14.6 Å². The van der Waals surface area contributed by atoms with Crippen LogP contribution in [0, 0.1) is 0 Å². The van der Waals surface area contributed by atoms with Gasteiger partial charge >= 0.3 is 0 Å². The Hall–Kier alpha value is -1.09. The minimum Gasteiger partial charge on any atom is -0.508 e. The summed E-state index contributed by atoms with van der Waals surface area (Å²) in [6.45, 7) is 2.94. The highest BCUT2D eigenvalue weighted by Gasteiger charge is 2.23. The zero-order chi connectivity index (χ0) is 10.8. The average molecular weight is 198 g/mol. The van der Waals surface area contributed by atoms with Gasteiger partial charge in [-0.2, -0.15) is 0 Å². The normalized spacial score (nSPS) is 11.7. The van der Waals surface area contributed by atoms with Crippen molar-refractivity contribution in [1.82, 2.24) is 0 Å². The standard InChI is InChI=1S/C11H15FO2/c1-11(2,7-13)9-5-8(6-12)3-4-10(9)14/h3-5,13-14H,6-7H2,1-2H3. The van der Waals surface area contributed by atoms with Crippen molar-refractivity contribution in [2.75, 3.05) is 6.61 Å². The van der Waals surface area contributed by atoms with Crippen LogP contribution in [0.1, 0.15) is 25.0 Å². The van der Waals surface area contributed by atoms with Crippen molar-refractivity contribution in [3.05, 3.63) is 29.3 Å². The van der Waals surface area contributed by atoms with E-state index >= 15 is 0 Å². The van der Waals surface area contributed by atoms with E-state index in [4.69, 9.17) is 5.11 Å². The lowest BCUT2D eigenvalue weighted by molar-refractivity contribution is 0.215. The number of hydrogen-bond donors (Lipinski definition) is 2. The fourth-order valence-electron chi connectivity index (χ4n) is 1.29. The number of aliphatic hydroxyl groups excluding tert-OH is 1. The fourth-order valence-corrected chi connectivity index (χ4v) is 1.29. The summed E-state index contributed by atoms with van der Waals surface area (Å²) in [4.78, 5) is 0. The van der Waals surface area contributed by atoms with Crippen LogP contribution in [0.2, 0.25) is 0 Å². The molecule has 78 valence electrons. The van der Waals surface area contributed by atoms with Crippen molar-refractivity contribution >= 4 is 0 Å². The maximum atomic E-state index is 12.4. The molecule has 0 unspecified atom stereocenters. The van der Waals surface area contributed by atoms with E-state index in [-0.39, 0.29) is 12.4 Å². The predicted octanol–water partition coefficient (Wildman–Crippen LogP) is 2.13. The SMILES string of the molecule is CC(C)(CO)c1cc(CF)ccc1O. The van der Waals surface area contributed by atoms with E-state index in [1.807, 2.05) is 0 Å². The number of aliphatic hydroxyl groups is 1. The monoisotopic (exact) mass is 198 g/mol. The summed E-state index contributed by atoms with van der Waals surface area (Å²) >= 11 is 0. The first-order chi connectivity index (χ1) is 6.51. The summed E-state index contributed by atoms with van der Waals surface area (Å²) in [5, 5.41) is 18.7. The zero-order valence-corrected chi connectivity index (χ0v) is 8.42. The quantitative estimate of drug-likeness (QED) is 0.781. The Labute approximate surface area is 83.0 Å². The average Bonchev–Trinajstić information content (AvgIpc) is 2.18. The summed E-state index contributed by atoms with van der Waals surface area (Å²) in [5.74, 6) is 0.0984. The molecule has 0 amide bonds. The summed E-state index contributed by atoms with van der Waals surface area (Å²) in [7, 11) is 0. The molecule has 0 spiro atoms. The molecule has 0 atom stereocenters. The summed E-state index contributed by atoms with van der Waals surface area (Å²) in [6, 6.07) is 4.58. The van der Waals surface area contributed by atoms with Crippen LogP contribution in [0.25, 0.3) is 0 Å². The first-order valence-corrected chi connectivity index (χ1v) is 4.50. The van der Waals surface area contributed by atoms with Gasteiger partial charge in [-0.15, -0.1) is 0 Å². The molecule has 14 heavy (non-hydrogen) atoms. The van der Waals surface area contributed by atoms with Crippen LogP contribution >= 0.6 is 0 Å². The third-order valence-electron chi connectivity index (χ3n) is 2.34. The van der Waals surface area contributed by atoms with E-state index in [1.54, 1.807) is 19.9 Å². The number of aromatic hydroxyl groups is 1. The second-order valence-electron chi connectivity index (χ2n) is 4.03. The molecule has 0 saturated carbocycles. The lowest BCUT2D eigenvalue weighted by Gasteiger charge is -2.23. The molecule has 2 N–H and O–H groups in total. The van der Waals surface area contributed by atoms with Crippen LogP contribution in [0.4, 0.5) is 4.39 Å². The molecular formula is C11H15FO2. The molecule has 0 aromatic heterocycles. The van der Waals surface area contributed by atoms with E-state index in [9.17, 15) is 9.50 Å². The molecule has 0 bridgehead atoms. The molecule has 2 nitrogen and oxygen atoms in total. The van der Waals surface area contributed by atoms with Crippen LogP contribution in [-0.2, 0) is 12.1 Å². The van der Waals surface area contributed by atoms with E-state index in [0.29, 0.717) is 11.1 Å². The third kappa shape index (κ3) is 2.04. The highest BCUT2D eigenvalue weighted by atomic mass is 19.1. The van der Waals surface area contributed by atoms with E-state index in [0.717, 1.165) is 0 Å². The highest BCUT2D eigenvalue weighted by molar-refractivity contribution is 5.40. The van der Waals surface area contributed by atoms with E-state index in [2.05, 4.69) is 0 Å². The van der Waals surface area contributed by atoms with Gasteiger partial charge in [0.25, 0.3) is 0 Å². The molecule has 0 aliphatic carbocycles.